The summed E-state index contributed by atoms with van der Waals surface area (Å²) in [5.74, 6) is 2.06. The highest BCUT2D eigenvalue weighted by molar-refractivity contribution is 5.48. The van der Waals surface area contributed by atoms with Gasteiger partial charge in [-0.15, -0.1) is 0 Å². The Morgan fingerprint density at radius 3 is 1.32 bits per heavy atom. The van der Waals surface area contributed by atoms with E-state index < -0.39 is 0 Å². The molecule has 0 aliphatic carbocycles. The van der Waals surface area contributed by atoms with Gasteiger partial charge in [0.25, 0.3) is 0 Å². The van der Waals surface area contributed by atoms with Crippen molar-refractivity contribution in [3.63, 3.8) is 0 Å². The molecule has 0 aliphatic rings. The van der Waals surface area contributed by atoms with Gasteiger partial charge < -0.3 is 5.11 Å². The first-order valence-corrected chi connectivity index (χ1v) is 12.3. The van der Waals surface area contributed by atoms with Gasteiger partial charge in [0.05, 0.1) is 0 Å². The molecule has 1 nitrogen and oxygen atoms in total. The molecular weight excluding hydrogens is 340 g/mol. The highest BCUT2D eigenvalue weighted by Gasteiger charge is 2.20. The van der Waals surface area contributed by atoms with Crippen LogP contribution >= 0.6 is 0 Å². The molecule has 1 aromatic rings. The first-order valence-electron chi connectivity index (χ1n) is 12.3. The van der Waals surface area contributed by atoms with Crippen LogP contribution in [0.25, 0.3) is 0 Å². The minimum absolute atomic E-state index is 0.441. The van der Waals surface area contributed by atoms with Gasteiger partial charge >= 0.3 is 0 Å². The lowest BCUT2D eigenvalue weighted by Crippen LogP contribution is -2.05. The molecule has 0 aliphatic heterocycles. The Bertz CT molecular complexity index is 496. The lowest BCUT2D eigenvalue weighted by molar-refractivity contribution is 0.441. The third-order valence-electron chi connectivity index (χ3n) is 6.54. The molecule has 0 radical (unpaired) electrons. The fourth-order valence-corrected chi connectivity index (χ4v) is 4.32. The predicted octanol–water partition coefficient (Wildman–Crippen LogP) is 9.44. The third kappa shape index (κ3) is 8.18. The average Bonchev–Trinajstić information content (AvgIpc) is 2.68. The van der Waals surface area contributed by atoms with Crippen molar-refractivity contribution in [3.05, 3.63) is 28.8 Å². The van der Waals surface area contributed by atoms with E-state index in [0.29, 0.717) is 23.5 Å². The van der Waals surface area contributed by atoms with Crippen LogP contribution in [0.1, 0.15) is 153 Å². The minimum atomic E-state index is 0.441. The highest BCUT2D eigenvalue weighted by atomic mass is 16.3. The Balaban J connectivity index is 3.10. The summed E-state index contributed by atoms with van der Waals surface area (Å²) in [4.78, 5) is 0. The Morgan fingerprint density at radius 1 is 0.607 bits per heavy atom. The van der Waals surface area contributed by atoms with Crippen molar-refractivity contribution in [2.45, 2.75) is 136 Å². The lowest BCUT2D eigenvalue weighted by Gasteiger charge is -2.23. The normalized spacial score (nSPS) is 14.8. The molecular formula is C27H48O. The second-order valence-corrected chi connectivity index (χ2v) is 9.24. The van der Waals surface area contributed by atoms with Crippen LogP contribution in [-0.2, 0) is 0 Å². The minimum Gasteiger partial charge on any atom is -0.507 e. The molecule has 3 unspecified atom stereocenters. The maximum atomic E-state index is 11.2. The molecule has 3 atom stereocenters. The van der Waals surface area contributed by atoms with Gasteiger partial charge in [-0.2, -0.15) is 0 Å². The first-order chi connectivity index (χ1) is 13.5. The monoisotopic (exact) mass is 388 g/mol. The summed E-state index contributed by atoms with van der Waals surface area (Å²) < 4.78 is 0. The molecule has 1 rings (SSSR count). The number of unbranched alkanes of at least 4 members (excludes halogenated alkanes) is 6. The van der Waals surface area contributed by atoms with Crippen molar-refractivity contribution >= 4 is 0 Å². The van der Waals surface area contributed by atoms with Crippen LogP contribution in [0.15, 0.2) is 12.1 Å². The molecule has 1 heteroatoms. The summed E-state index contributed by atoms with van der Waals surface area (Å²) in [5, 5.41) is 11.2. The van der Waals surface area contributed by atoms with E-state index in [2.05, 4.69) is 53.7 Å². The zero-order chi connectivity index (χ0) is 20.9. The van der Waals surface area contributed by atoms with E-state index in [1.54, 1.807) is 0 Å². The Kier molecular flexibility index (Phi) is 12.6. The van der Waals surface area contributed by atoms with Crippen LogP contribution in [-0.4, -0.2) is 5.11 Å². The van der Waals surface area contributed by atoms with Crippen molar-refractivity contribution in [2.75, 3.05) is 0 Å². The number of aromatic hydroxyl groups is 1. The molecule has 0 bridgehead atoms. The van der Waals surface area contributed by atoms with Gasteiger partial charge in [0.2, 0.25) is 0 Å². The first kappa shape index (κ1) is 25.1. The number of phenolic OH excluding ortho intramolecular Hbond substituents is 1. The zero-order valence-electron chi connectivity index (χ0n) is 19.8. The van der Waals surface area contributed by atoms with Gasteiger partial charge in [0, 0.05) is 0 Å². The highest BCUT2D eigenvalue weighted by Crippen LogP contribution is 2.40. The van der Waals surface area contributed by atoms with Crippen LogP contribution in [0.4, 0.5) is 0 Å². The van der Waals surface area contributed by atoms with Crippen molar-refractivity contribution in [1.29, 1.82) is 0 Å². The van der Waals surface area contributed by atoms with Crippen LogP contribution in [0.2, 0.25) is 0 Å². The van der Waals surface area contributed by atoms with E-state index in [-0.39, 0.29) is 0 Å². The molecule has 0 amide bonds. The standard InChI is InChI=1S/C27H48O/c1-7-10-13-16-21(4)24-19-25(22(5)17-14-11-8-2)27(28)26(20-24)23(6)18-15-12-9-3/h19-23,28H,7-18H2,1-6H3. The lowest BCUT2D eigenvalue weighted by atomic mass is 9.83. The van der Waals surface area contributed by atoms with Crippen molar-refractivity contribution in [2.24, 2.45) is 0 Å². The summed E-state index contributed by atoms with van der Waals surface area (Å²) in [6, 6.07) is 4.68. The van der Waals surface area contributed by atoms with E-state index >= 15 is 0 Å². The third-order valence-corrected chi connectivity index (χ3v) is 6.54. The summed E-state index contributed by atoms with van der Waals surface area (Å²) >= 11 is 0. The van der Waals surface area contributed by atoms with E-state index in [4.69, 9.17) is 0 Å². The van der Waals surface area contributed by atoms with Crippen molar-refractivity contribution in [1.82, 2.24) is 0 Å². The van der Waals surface area contributed by atoms with Crippen LogP contribution < -0.4 is 0 Å². The molecule has 162 valence electrons. The smallest absolute Gasteiger partial charge is 0.122 e. The Labute approximate surface area is 176 Å². The van der Waals surface area contributed by atoms with Crippen LogP contribution in [0, 0.1) is 0 Å². The van der Waals surface area contributed by atoms with Gasteiger partial charge in [0.15, 0.2) is 0 Å². The summed E-state index contributed by atoms with van der Waals surface area (Å²) in [6.07, 6.45) is 15.1. The Hall–Kier alpha value is -0.980. The molecule has 0 heterocycles. The summed E-state index contributed by atoms with van der Waals surface area (Å²) in [7, 11) is 0. The zero-order valence-corrected chi connectivity index (χ0v) is 19.8. The summed E-state index contributed by atoms with van der Waals surface area (Å²) in [5.41, 5.74) is 3.85. The van der Waals surface area contributed by atoms with Crippen molar-refractivity contribution < 1.29 is 5.11 Å². The van der Waals surface area contributed by atoms with E-state index in [1.165, 1.54) is 93.7 Å². The van der Waals surface area contributed by atoms with Gasteiger partial charge in [-0.3, -0.25) is 0 Å². The van der Waals surface area contributed by atoms with Gasteiger partial charge in [-0.1, -0.05) is 111 Å². The Morgan fingerprint density at radius 2 is 0.964 bits per heavy atom. The molecule has 0 aromatic heterocycles. The molecule has 0 fully saturated rings. The SMILES string of the molecule is CCCCCC(C)c1cc(C(C)CCCCC)c(O)c(C(C)CCCCC)c1. The number of benzene rings is 1. The largest absolute Gasteiger partial charge is 0.507 e. The average molecular weight is 389 g/mol. The van der Waals surface area contributed by atoms with Crippen molar-refractivity contribution in [3.8, 4) is 5.75 Å². The van der Waals surface area contributed by atoms with E-state index in [1.807, 2.05) is 0 Å². The fourth-order valence-electron chi connectivity index (χ4n) is 4.32. The maximum Gasteiger partial charge on any atom is 0.122 e. The number of hydrogen-bond acceptors (Lipinski definition) is 1. The number of phenols is 1. The van der Waals surface area contributed by atoms with E-state index in [0.717, 1.165) is 0 Å². The van der Waals surface area contributed by atoms with Crippen LogP contribution in [0.5, 0.6) is 5.75 Å². The van der Waals surface area contributed by atoms with E-state index in [9.17, 15) is 5.11 Å². The summed E-state index contributed by atoms with van der Waals surface area (Å²) in [6.45, 7) is 13.8. The molecule has 28 heavy (non-hydrogen) atoms. The van der Waals surface area contributed by atoms with Gasteiger partial charge in [-0.05, 0) is 53.7 Å². The van der Waals surface area contributed by atoms with Crippen LogP contribution in [0.3, 0.4) is 0 Å². The predicted molar refractivity (Wildman–Crippen MR) is 126 cm³/mol. The molecule has 0 saturated carbocycles. The fraction of sp³-hybridized carbons (Fsp3) is 0.778. The molecule has 0 saturated heterocycles. The van der Waals surface area contributed by atoms with Gasteiger partial charge in [-0.25, -0.2) is 0 Å². The quantitative estimate of drug-likeness (QED) is 0.297. The molecule has 1 aromatic carbocycles. The topological polar surface area (TPSA) is 20.2 Å². The van der Waals surface area contributed by atoms with Gasteiger partial charge in [0.1, 0.15) is 5.75 Å². The number of hydrogen-bond donors (Lipinski definition) is 1. The molecule has 0 spiro atoms. The second kappa shape index (κ2) is 14.1. The maximum absolute atomic E-state index is 11.2. The second-order valence-electron chi connectivity index (χ2n) is 9.24. The number of rotatable bonds is 15. The molecule has 1 N–H and O–H groups in total.